The standard InChI is InChI=1S/C14H21FN2O/c1-11-7-12(15)9-13(8-11)16-14(10-18)3-5-17(2)6-4-14/h7-9,16,18H,3-6,10H2,1-2H3. The van der Waals surface area contributed by atoms with E-state index >= 15 is 0 Å². The van der Waals surface area contributed by atoms with Crippen LogP contribution in [0.4, 0.5) is 10.1 Å². The average Bonchev–Trinajstić information content (AvgIpc) is 2.31. The number of halogens is 1. The highest BCUT2D eigenvalue weighted by molar-refractivity contribution is 5.48. The lowest BCUT2D eigenvalue weighted by Gasteiger charge is -2.40. The second-order valence-corrected chi connectivity index (χ2v) is 5.38. The van der Waals surface area contributed by atoms with Crippen molar-refractivity contribution in [3.8, 4) is 0 Å². The van der Waals surface area contributed by atoms with Crippen molar-refractivity contribution in [2.75, 3.05) is 32.1 Å². The maximum absolute atomic E-state index is 13.4. The summed E-state index contributed by atoms with van der Waals surface area (Å²) in [6, 6.07) is 4.91. The molecule has 4 heteroatoms. The molecule has 0 saturated carbocycles. The number of aryl methyl sites for hydroxylation is 1. The number of nitrogens with one attached hydrogen (secondary N) is 1. The zero-order valence-electron chi connectivity index (χ0n) is 11.0. The largest absolute Gasteiger partial charge is 0.394 e. The summed E-state index contributed by atoms with van der Waals surface area (Å²) in [6.45, 7) is 3.84. The quantitative estimate of drug-likeness (QED) is 0.863. The van der Waals surface area contributed by atoms with Crippen LogP contribution in [0.1, 0.15) is 18.4 Å². The molecule has 1 aromatic carbocycles. The fraction of sp³-hybridized carbons (Fsp3) is 0.571. The van der Waals surface area contributed by atoms with Gasteiger partial charge < -0.3 is 15.3 Å². The van der Waals surface area contributed by atoms with Gasteiger partial charge in [-0.2, -0.15) is 0 Å². The lowest BCUT2D eigenvalue weighted by atomic mass is 9.88. The van der Waals surface area contributed by atoms with Gasteiger partial charge in [-0.25, -0.2) is 4.39 Å². The van der Waals surface area contributed by atoms with Gasteiger partial charge in [0.1, 0.15) is 5.82 Å². The molecule has 100 valence electrons. The number of likely N-dealkylation sites (tertiary alicyclic amines) is 1. The SMILES string of the molecule is Cc1cc(F)cc(NC2(CO)CCN(C)CC2)c1. The minimum atomic E-state index is -0.313. The van der Waals surface area contributed by atoms with Crippen LogP contribution in [0.25, 0.3) is 0 Å². The van der Waals surface area contributed by atoms with Crippen LogP contribution in [0.3, 0.4) is 0 Å². The molecule has 0 bridgehead atoms. The molecule has 0 amide bonds. The molecule has 18 heavy (non-hydrogen) atoms. The van der Waals surface area contributed by atoms with Crippen molar-refractivity contribution in [1.29, 1.82) is 0 Å². The molecule has 1 saturated heterocycles. The maximum atomic E-state index is 13.4. The second kappa shape index (κ2) is 5.24. The number of nitrogens with zero attached hydrogens (tertiary/aromatic N) is 1. The van der Waals surface area contributed by atoms with Crippen LogP contribution in [-0.2, 0) is 0 Å². The molecular weight excluding hydrogens is 231 g/mol. The highest BCUT2D eigenvalue weighted by Crippen LogP contribution is 2.27. The summed E-state index contributed by atoms with van der Waals surface area (Å²) in [5, 5.41) is 13.0. The summed E-state index contributed by atoms with van der Waals surface area (Å²) in [5.74, 6) is -0.237. The molecule has 2 N–H and O–H groups in total. The molecular formula is C14H21FN2O. The van der Waals surface area contributed by atoms with Gasteiger partial charge in [0.25, 0.3) is 0 Å². The van der Waals surface area contributed by atoms with Crippen molar-refractivity contribution in [3.05, 3.63) is 29.6 Å². The van der Waals surface area contributed by atoms with E-state index in [2.05, 4.69) is 17.3 Å². The summed E-state index contributed by atoms with van der Waals surface area (Å²) in [4.78, 5) is 2.24. The van der Waals surface area contributed by atoms with Gasteiger partial charge in [0.05, 0.1) is 12.1 Å². The highest BCUT2D eigenvalue weighted by atomic mass is 19.1. The normalized spacial score (nSPS) is 19.8. The van der Waals surface area contributed by atoms with E-state index in [0.717, 1.165) is 37.2 Å². The summed E-state index contributed by atoms with van der Waals surface area (Å²) < 4.78 is 13.4. The van der Waals surface area contributed by atoms with E-state index in [9.17, 15) is 9.50 Å². The first-order chi connectivity index (χ1) is 8.53. The van der Waals surface area contributed by atoms with E-state index in [0.29, 0.717) is 0 Å². The van der Waals surface area contributed by atoms with Crippen molar-refractivity contribution in [1.82, 2.24) is 4.90 Å². The first-order valence-electron chi connectivity index (χ1n) is 6.38. The molecule has 0 unspecified atom stereocenters. The molecule has 1 aliphatic heterocycles. The van der Waals surface area contributed by atoms with Crippen LogP contribution < -0.4 is 5.32 Å². The Kier molecular flexibility index (Phi) is 3.88. The number of anilines is 1. The van der Waals surface area contributed by atoms with Crippen LogP contribution in [0.2, 0.25) is 0 Å². The topological polar surface area (TPSA) is 35.5 Å². The molecule has 0 atom stereocenters. The van der Waals surface area contributed by atoms with Crippen LogP contribution in [0, 0.1) is 12.7 Å². The number of aliphatic hydroxyl groups is 1. The first-order valence-corrected chi connectivity index (χ1v) is 6.38. The Bertz CT molecular complexity index is 394. The fourth-order valence-corrected chi connectivity index (χ4v) is 2.48. The van der Waals surface area contributed by atoms with Gasteiger partial charge in [-0.3, -0.25) is 0 Å². The Morgan fingerprint density at radius 3 is 2.56 bits per heavy atom. The predicted molar refractivity (Wildman–Crippen MR) is 71.3 cm³/mol. The number of benzene rings is 1. The number of aliphatic hydroxyl groups excluding tert-OH is 1. The van der Waals surface area contributed by atoms with Crippen LogP contribution in [0.15, 0.2) is 18.2 Å². The van der Waals surface area contributed by atoms with Crippen LogP contribution >= 0.6 is 0 Å². The fourth-order valence-electron chi connectivity index (χ4n) is 2.48. The minimum Gasteiger partial charge on any atom is -0.394 e. The molecule has 0 aromatic heterocycles. The Labute approximate surface area is 108 Å². The van der Waals surface area contributed by atoms with Gasteiger partial charge in [-0.15, -0.1) is 0 Å². The van der Waals surface area contributed by atoms with Crippen molar-refractivity contribution in [2.45, 2.75) is 25.3 Å². The third-order valence-electron chi connectivity index (χ3n) is 3.70. The zero-order valence-corrected chi connectivity index (χ0v) is 11.0. The molecule has 2 rings (SSSR count). The number of rotatable bonds is 3. The maximum Gasteiger partial charge on any atom is 0.125 e. The molecule has 1 fully saturated rings. The van der Waals surface area contributed by atoms with Gasteiger partial charge in [0, 0.05) is 18.8 Å². The van der Waals surface area contributed by atoms with E-state index in [1.807, 2.05) is 13.0 Å². The van der Waals surface area contributed by atoms with E-state index in [4.69, 9.17) is 0 Å². The van der Waals surface area contributed by atoms with E-state index in [-0.39, 0.29) is 18.0 Å². The third kappa shape index (κ3) is 3.00. The van der Waals surface area contributed by atoms with Gasteiger partial charge in [-0.1, -0.05) is 0 Å². The van der Waals surface area contributed by atoms with Gasteiger partial charge >= 0.3 is 0 Å². The monoisotopic (exact) mass is 252 g/mol. The highest BCUT2D eigenvalue weighted by Gasteiger charge is 2.32. The minimum absolute atomic E-state index is 0.0798. The number of hydrogen-bond acceptors (Lipinski definition) is 3. The third-order valence-corrected chi connectivity index (χ3v) is 3.70. The molecule has 1 aliphatic rings. The Balaban J connectivity index is 2.14. The van der Waals surface area contributed by atoms with Crippen LogP contribution in [-0.4, -0.2) is 42.3 Å². The second-order valence-electron chi connectivity index (χ2n) is 5.38. The lowest BCUT2D eigenvalue weighted by Crippen LogP contribution is -2.50. The van der Waals surface area contributed by atoms with Crippen molar-refractivity contribution in [3.63, 3.8) is 0 Å². The van der Waals surface area contributed by atoms with Crippen molar-refractivity contribution in [2.24, 2.45) is 0 Å². The molecule has 1 heterocycles. The van der Waals surface area contributed by atoms with E-state index < -0.39 is 0 Å². The van der Waals surface area contributed by atoms with Crippen molar-refractivity contribution < 1.29 is 9.50 Å². The van der Waals surface area contributed by atoms with Crippen molar-refractivity contribution >= 4 is 5.69 Å². The number of piperidine rings is 1. The summed E-state index contributed by atoms with van der Waals surface area (Å²) in [5.41, 5.74) is 1.33. The van der Waals surface area contributed by atoms with E-state index in [1.54, 1.807) is 0 Å². The predicted octanol–water partition coefficient (Wildman–Crippen LogP) is 2.00. The molecule has 0 aliphatic carbocycles. The molecule has 0 radical (unpaired) electrons. The Morgan fingerprint density at radius 1 is 1.33 bits per heavy atom. The van der Waals surface area contributed by atoms with E-state index in [1.165, 1.54) is 12.1 Å². The van der Waals surface area contributed by atoms with Gasteiger partial charge in [0.2, 0.25) is 0 Å². The zero-order chi connectivity index (χ0) is 13.2. The lowest BCUT2D eigenvalue weighted by molar-refractivity contribution is 0.133. The smallest absolute Gasteiger partial charge is 0.125 e. The summed E-state index contributed by atoms with van der Waals surface area (Å²) in [7, 11) is 2.08. The summed E-state index contributed by atoms with van der Waals surface area (Å²) in [6.07, 6.45) is 1.74. The summed E-state index contributed by atoms with van der Waals surface area (Å²) >= 11 is 0. The van der Waals surface area contributed by atoms with Crippen LogP contribution in [0.5, 0.6) is 0 Å². The van der Waals surface area contributed by atoms with Gasteiger partial charge in [-0.05, 0) is 50.6 Å². The number of hydrogen-bond donors (Lipinski definition) is 2. The first kappa shape index (κ1) is 13.3. The molecule has 0 spiro atoms. The average molecular weight is 252 g/mol. The Hall–Kier alpha value is -1.13. The van der Waals surface area contributed by atoms with Gasteiger partial charge in [0.15, 0.2) is 0 Å². The molecule has 3 nitrogen and oxygen atoms in total. The molecule has 1 aromatic rings. The Morgan fingerprint density at radius 2 is 2.00 bits per heavy atom.